The van der Waals surface area contributed by atoms with Gasteiger partial charge in [0.2, 0.25) is 0 Å². The number of hydrogen-bond acceptors (Lipinski definition) is 3. The van der Waals surface area contributed by atoms with Crippen molar-refractivity contribution in [3.8, 4) is 0 Å². The van der Waals surface area contributed by atoms with E-state index in [4.69, 9.17) is 13.0 Å². The Hall–Kier alpha value is -0.820. The van der Waals surface area contributed by atoms with Crippen molar-refractivity contribution in [3.05, 3.63) is 0 Å². The molecule has 0 rings (SSSR count). The molecule has 0 saturated carbocycles. The molecule has 6 nitrogen and oxygen atoms in total. The molecule has 56 valence electrons. The molecule has 0 aromatic heterocycles. The first-order chi connectivity index (χ1) is 3.73. The maximum absolute atomic E-state index is 9.08. The molecule has 0 unspecified atom stereocenters. The summed E-state index contributed by atoms with van der Waals surface area (Å²) in [6.07, 6.45) is 0.604. The first kappa shape index (κ1) is 11.0. The third kappa shape index (κ3) is 287. The first-order valence-corrected chi connectivity index (χ1v) is 3.59. The maximum Gasteiger partial charge on any atom is 0.336 e. The van der Waals surface area contributed by atoms with Crippen LogP contribution in [-0.2, 0) is 10.1 Å². The summed E-state index contributed by atoms with van der Waals surface area (Å²) >= 11 is 0. The van der Waals surface area contributed by atoms with E-state index in [2.05, 4.69) is 16.9 Å². The molecule has 0 aliphatic carbocycles. The van der Waals surface area contributed by atoms with Crippen LogP contribution in [-0.4, -0.2) is 25.2 Å². The fourth-order valence-electron chi connectivity index (χ4n) is 0. The predicted molar refractivity (Wildman–Crippen MR) is 30.9 cm³/mol. The second-order valence-electron chi connectivity index (χ2n) is 1.20. The Balaban J connectivity index is 0. The zero-order valence-electron chi connectivity index (χ0n) is 4.87. The standard InChI is InChI=1S/CH5N3.CH4O3S/c2-1(3)4;1-5(2,3)4/h(H5,2,3,4);1H3,(H,2,3,4). The van der Waals surface area contributed by atoms with Gasteiger partial charge in [-0.15, -0.1) is 0 Å². The second-order valence-corrected chi connectivity index (χ2v) is 2.61. The van der Waals surface area contributed by atoms with Gasteiger partial charge in [0.25, 0.3) is 0 Å². The third-order valence-corrected chi connectivity index (χ3v) is 0. The van der Waals surface area contributed by atoms with E-state index in [1.165, 1.54) is 0 Å². The summed E-state index contributed by atoms with van der Waals surface area (Å²) in [5, 5.41) is 4.58. The lowest BCUT2D eigenvalue weighted by atomic mass is 11.1. The molecule has 0 spiro atoms. The van der Waals surface area contributed by atoms with Gasteiger partial charge >= 0.3 is 5.96 Å². The summed E-state index contributed by atoms with van der Waals surface area (Å²) in [7, 11) is -3.92. The highest BCUT2D eigenvalue weighted by atomic mass is 32.2. The Morgan fingerprint density at radius 3 is 1.56 bits per heavy atom. The molecule has 7 heteroatoms. The van der Waals surface area contributed by atoms with E-state index in [-0.39, 0.29) is 5.96 Å². The zero-order chi connectivity index (χ0) is 8.08. The van der Waals surface area contributed by atoms with E-state index >= 15 is 0 Å². The van der Waals surface area contributed by atoms with E-state index in [1.807, 2.05) is 0 Å². The number of rotatable bonds is 0. The van der Waals surface area contributed by atoms with Crippen LogP contribution in [0.15, 0.2) is 0 Å². The van der Waals surface area contributed by atoms with Crippen molar-refractivity contribution < 1.29 is 18.4 Å². The van der Waals surface area contributed by atoms with E-state index in [1.54, 1.807) is 0 Å². The molecule has 0 heterocycles. The third-order valence-electron chi connectivity index (χ3n) is 0. The van der Waals surface area contributed by atoms with Crippen LogP contribution < -0.4 is 16.9 Å². The highest BCUT2D eigenvalue weighted by Crippen LogP contribution is 1.59. The van der Waals surface area contributed by atoms with Gasteiger partial charge < -0.3 is 4.55 Å². The molecule has 0 bridgehead atoms. The molecular formula is C2H9N3O3S. The highest BCUT2D eigenvalue weighted by Gasteiger charge is 1.65. The molecule has 0 radical (unpaired) electrons. The van der Waals surface area contributed by atoms with Crippen molar-refractivity contribution in [1.82, 2.24) is 0 Å². The number of guanidine groups is 1. The van der Waals surface area contributed by atoms with Crippen LogP contribution in [0.1, 0.15) is 0 Å². The lowest BCUT2D eigenvalue weighted by Crippen LogP contribution is -2.51. The number of hydrogen-bond donors (Lipinski definition) is 3. The van der Waals surface area contributed by atoms with Crippen LogP contribution >= 0.6 is 0 Å². The average Bonchev–Trinajstić information content (AvgIpc) is 1.19. The van der Waals surface area contributed by atoms with Gasteiger partial charge in [0.15, 0.2) is 0 Å². The molecule has 6 N–H and O–H groups in total. The molecule has 0 saturated heterocycles. The minimum Gasteiger partial charge on any atom is -0.748 e. The van der Waals surface area contributed by atoms with Crippen molar-refractivity contribution >= 4 is 16.1 Å². The summed E-state index contributed by atoms with van der Waals surface area (Å²) < 4.78 is 27.2. The Bertz CT molecular complexity index is 159. The van der Waals surface area contributed by atoms with Crippen LogP contribution in [0.2, 0.25) is 0 Å². The van der Waals surface area contributed by atoms with Gasteiger partial charge in [-0.25, -0.2) is 8.42 Å². The topological polar surface area (TPSA) is 135 Å². The summed E-state index contributed by atoms with van der Waals surface area (Å²) in [6, 6.07) is 0. The lowest BCUT2D eigenvalue weighted by molar-refractivity contribution is -0.116. The van der Waals surface area contributed by atoms with Crippen molar-refractivity contribution in [3.63, 3.8) is 0 Å². The summed E-state index contributed by atoms with van der Waals surface area (Å²) in [5.74, 6) is -0.0833. The molecule has 0 aromatic rings. The van der Waals surface area contributed by atoms with Crippen LogP contribution in [0, 0.1) is 0 Å². The molecule has 0 aromatic carbocycles. The lowest BCUT2D eigenvalue weighted by Gasteiger charge is -1.90. The second kappa shape index (κ2) is 4.10. The summed E-state index contributed by atoms with van der Waals surface area (Å²) in [5.41, 5.74) is 9.17. The average molecular weight is 155 g/mol. The van der Waals surface area contributed by atoms with E-state index < -0.39 is 10.1 Å². The zero-order valence-corrected chi connectivity index (χ0v) is 5.68. The van der Waals surface area contributed by atoms with Gasteiger partial charge in [0.05, 0.1) is 10.1 Å². The Labute approximate surface area is 53.1 Å². The van der Waals surface area contributed by atoms with Gasteiger partial charge in [-0.2, -0.15) is 0 Å². The molecular weight excluding hydrogens is 146 g/mol. The van der Waals surface area contributed by atoms with Gasteiger partial charge in [-0.05, 0) is 0 Å². The molecule has 0 amide bonds. The van der Waals surface area contributed by atoms with Crippen molar-refractivity contribution in [2.75, 3.05) is 6.26 Å². The van der Waals surface area contributed by atoms with Crippen molar-refractivity contribution in [2.24, 2.45) is 11.5 Å². The van der Waals surface area contributed by atoms with Gasteiger partial charge in [0, 0.05) is 6.26 Å². The molecule has 0 fully saturated rings. The Kier molecular flexibility index (Phi) is 5.03. The largest absolute Gasteiger partial charge is 0.748 e. The Morgan fingerprint density at radius 2 is 1.56 bits per heavy atom. The number of nitrogens with two attached hydrogens (primary N) is 3. The van der Waals surface area contributed by atoms with E-state index in [0.29, 0.717) is 6.26 Å². The van der Waals surface area contributed by atoms with Crippen molar-refractivity contribution in [1.29, 1.82) is 0 Å². The van der Waals surface area contributed by atoms with Crippen molar-refractivity contribution in [2.45, 2.75) is 0 Å². The van der Waals surface area contributed by atoms with E-state index in [9.17, 15) is 0 Å². The predicted octanol–water partition coefficient (Wildman–Crippen LogP) is -3.82. The summed E-state index contributed by atoms with van der Waals surface area (Å²) in [4.78, 5) is 0. The molecule has 0 atom stereocenters. The van der Waals surface area contributed by atoms with Crippen LogP contribution in [0.25, 0.3) is 0 Å². The smallest absolute Gasteiger partial charge is 0.336 e. The van der Waals surface area contributed by atoms with Crippen LogP contribution in [0.3, 0.4) is 0 Å². The van der Waals surface area contributed by atoms with Gasteiger partial charge in [-0.3, -0.25) is 16.9 Å². The van der Waals surface area contributed by atoms with Crippen LogP contribution in [0.5, 0.6) is 0 Å². The first-order valence-electron chi connectivity index (χ1n) is 1.77. The fourth-order valence-corrected chi connectivity index (χ4v) is 0. The SMILES string of the molecule is CS(=O)(=O)[O-].NC(N)=[NH2+]. The Morgan fingerprint density at radius 1 is 1.56 bits per heavy atom. The fraction of sp³-hybridized carbons (Fsp3) is 0.500. The van der Waals surface area contributed by atoms with Gasteiger partial charge in [0.1, 0.15) is 0 Å². The minimum atomic E-state index is -3.92. The van der Waals surface area contributed by atoms with Gasteiger partial charge in [-0.1, -0.05) is 0 Å². The maximum atomic E-state index is 9.08. The molecule has 9 heavy (non-hydrogen) atoms. The quantitative estimate of drug-likeness (QED) is 0.187. The molecule has 0 aliphatic heterocycles. The molecule has 0 aliphatic rings. The van der Waals surface area contributed by atoms with E-state index in [0.717, 1.165) is 0 Å². The minimum absolute atomic E-state index is 0.0833. The monoisotopic (exact) mass is 155 g/mol. The summed E-state index contributed by atoms with van der Waals surface area (Å²) in [6.45, 7) is 0. The normalized spacial score (nSPS) is 9.11. The highest BCUT2D eigenvalue weighted by molar-refractivity contribution is 7.84. The van der Waals surface area contributed by atoms with Crippen LogP contribution in [0.4, 0.5) is 0 Å².